The van der Waals surface area contributed by atoms with Crippen LogP contribution in [0.2, 0.25) is 0 Å². The van der Waals surface area contributed by atoms with Crippen LogP contribution in [0.5, 0.6) is 0 Å². The Morgan fingerprint density at radius 3 is 1.04 bits per heavy atom. The Balaban J connectivity index is 0.000000368. The summed E-state index contributed by atoms with van der Waals surface area (Å²) in [5, 5.41) is 0. The summed E-state index contributed by atoms with van der Waals surface area (Å²) in [6.07, 6.45) is 23.6. The third kappa shape index (κ3) is 7.66. The molecule has 3 nitrogen and oxygen atoms in total. The Morgan fingerprint density at radius 1 is 0.625 bits per heavy atom. The van der Waals surface area contributed by atoms with E-state index < -0.39 is 10.5 Å². The van der Waals surface area contributed by atoms with Gasteiger partial charge in [0, 0.05) is 0 Å². The Kier molecular flexibility index (Phi) is 8.94. The minimum Gasteiger partial charge on any atom is -0.260 e. The highest BCUT2D eigenvalue weighted by molar-refractivity contribution is 7.80. The summed E-state index contributed by atoms with van der Waals surface area (Å²) >= 11 is 0. The molecule has 0 heterocycles. The molecular weight excluding hydrogens is 346 g/mol. The fraction of sp³-hybridized carbons (Fsp3) is 1.00. The standard InChI is InChI=1S/C18H33P.FHO3S/c1-4-10-16(11-5-1)19(17-12-6-2-7-13-17)18-14-8-3-9-15-18;1-5(2,3)4/h16-18H,1-15H2;(H,2,3,4). The molecule has 6 heteroatoms. The zero-order valence-corrected chi connectivity index (χ0v) is 16.5. The predicted molar refractivity (Wildman–Crippen MR) is 100 cm³/mol. The zero-order chi connectivity index (χ0) is 17.4. The molecule has 3 saturated carbocycles. The van der Waals surface area contributed by atoms with Gasteiger partial charge in [-0.15, -0.1) is 0 Å². The van der Waals surface area contributed by atoms with E-state index in [-0.39, 0.29) is 0 Å². The predicted octanol–water partition coefficient (Wildman–Crippen LogP) is 6.23. The lowest BCUT2D eigenvalue weighted by Gasteiger charge is -2.44. The van der Waals surface area contributed by atoms with Gasteiger partial charge < -0.3 is 0 Å². The average Bonchev–Trinajstić information content (AvgIpc) is 2.57. The molecule has 0 aromatic heterocycles. The molecule has 0 aliphatic heterocycles. The minimum absolute atomic E-state index is 0.385. The van der Waals surface area contributed by atoms with Crippen molar-refractivity contribution >= 4 is 18.4 Å². The van der Waals surface area contributed by atoms with Crippen molar-refractivity contribution in [2.45, 2.75) is 113 Å². The fourth-order valence-electron chi connectivity index (χ4n) is 5.03. The van der Waals surface area contributed by atoms with E-state index in [1.54, 1.807) is 77.0 Å². The Bertz CT molecular complexity index is 388. The highest BCUT2D eigenvalue weighted by atomic mass is 32.3. The van der Waals surface area contributed by atoms with Gasteiger partial charge in [-0.1, -0.05) is 69.6 Å². The minimum atomic E-state index is -5.17. The first kappa shape index (κ1) is 20.6. The van der Waals surface area contributed by atoms with Crippen LogP contribution in [0.3, 0.4) is 0 Å². The Hall–Kier alpha value is 0.270. The van der Waals surface area contributed by atoms with E-state index in [0.29, 0.717) is 7.92 Å². The monoisotopic (exact) mass is 380 g/mol. The molecule has 142 valence electrons. The summed E-state index contributed by atoms with van der Waals surface area (Å²) in [6, 6.07) is 0. The second-order valence-corrected chi connectivity index (χ2v) is 11.6. The molecule has 0 unspecified atom stereocenters. The maximum absolute atomic E-state index is 10.2. The lowest BCUT2D eigenvalue weighted by Crippen LogP contribution is -2.28. The van der Waals surface area contributed by atoms with Gasteiger partial charge in [-0.25, -0.2) is 0 Å². The smallest absolute Gasteiger partial charge is 0.260 e. The first-order chi connectivity index (χ1) is 11.4. The van der Waals surface area contributed by atoms with Crippen molar-refractivity contribution in [1.29, 1.82) is 0 Å². The zero-order valence-electron chi connectivity index (χ0n) is 14.8. The van der Waals surface area contributed by atoms with Gasteiger partial charge in [0.05, 0.1) is 0 Å². The number of rotatable bonds is 3. The van der Waals surface area contributed by atoms with Crippen LogP contribution in [0.15, 0.2) is 0 Å². The van der Waals surface area contributed by atoms with Crippen molar-refractivity contribution in [2.75, 3.05) is 0 Å². The van der Waals surface area contributed by atoms with Crippen LogP contribution >= 0.6 is 7.92 Å². The molecule has 0 aromatic rings. The normalized spacial score (nSPS) is 25.3. The summed E-state index contributed by atoms with van der Waals surface area (Å²) < 4.78 is 34.1. The van der Waals surface area contributed by atoms with Gasteiger partial charge in [-0.05, 0) is 55.5 Å². The highest BCUT2D eigenvalue weighted by Crippen LogP contribution is 2.61. The summed E-state index contributed by atoms with van der Waals surface area (Å²) in [6.45, 7) is 0. The summed E-state index contributed by atoms with van der Waals surface area (Å²) in [5.74, 6) is 0. The molecule has 0 spiro atoms. The largest absolute Gasteiger partial charge is 0.435 e. The molecule has 0 amide bonds. The molecule has 0 bridgehead atoms. The summed E-state index contributed by atoms with van der Waals surface area (Å²) in [4.78, 5) is 0. The van der Waals surface area contributed by atoms with E-state index in [2.05, 4.69) is 0 Å². The molecule has 0 saturated heterocycles. The van der Waals surface area contributed by atoms with Crippen molar-refractivity contribution in [2.24, 2.45) is 0 Å². The lowest BCUT2D eigenvalue weighted by atomic mass is 9.99. The quantitative estimate of drug-likeness (QED) is 0.359. The number of halogens is 1. The third-order valence-electron chi connectivity index (χ3n) is 5.99. The maximum atomic E-state index is 10.2. The van der Waals surface area contributed by atoms with Crippen molar-refractivity contribution in [1.82, 2.24) is 0 Å². The van der Waals surface area contributed by atoms with Gasteiger partial charge in [0.2, 0.25) is 0 Å². The molecule has 3 aliphatic rings. The topological polar surface area (TPSA) is 54.4 Å². The number of hydrogen-bond donors (Lipinski definition) is 1. The Labute approximate surface area is 149 Å². The highest BCUT2D eigenvalue weighted by Gasteiger charge is 2.36. The van der Waals surface area contributed by atoms with Crippen molar-refractivity contribution in [3.8, 4) is 0 Å². The summed E-state index contributed by atoms with van der Waals surface area (Å²) in [7, 11) is -4.78. The molecule has 3 rings (SSSR count). The molecular formula is C18H34FO3PS. The van der Waals surface area contributed by atoms with Gasteiger partial charge >= 0.3 is 10.5 Å². The van der Waals surface area contributed by atoms with E-state index in [1.807, 2.05) is 0 Å². The third-order valence-corrected chi connectivity index (χ3v) is 10.1. The maximum Gasteiger partial charge on any atom is 0.435 e. The van der Waals surface area contributed by atoms with Crippen LogP contribution in [0.1, 0.15) is 96.3 Å². The Morgan fingerprint density at radius 2 is 0.833 bits per heavy atom. The van der Waals surface area contributed by atoms with Crippen LogP contribution in [-0.2, 0) is 10.5 Å². The van der Waals surface area contributed by atoms with Crippen LogP contribution in [-0.4, -0.2) is 29.9 Å². The van der Waals surface area contributed by atoms with Gasteiger partial charge in [0.15, 0.2) is 0 Å². The van der Waals surface area contributed by atoms with Gasteiger partial charge in [0.25, 0.3) is 0 Å². The van der Waals surface area contributed by atoms with Gasteiger partial charge in [-0.3, -0.25) is 4.55 Å². The second-order valence-electron chi connectivity index (χ2n) is 7.73. The molecule has 1 N–H and O–H groups in total. The van der Waals surface area contributed by atoms with Gasteiger partial charge in [0.1, 0.15) is 0 Å². The van der Waals surface area contributed by atoms with Crippen LogP contribution in [0.25, 0.3) is 0 Å². The average molecular weight is 381 g/mol. The molecule has 0 radical (unpaired) electrons. The molecule has 3 aliphatic carbocycles. The van der Waals surface area contributed by atoms with E-state index in [9.17, 15) is 3.89 Å². The molecule has 24 heavy (non-hydrogen) atoms. The molecule has 3 fully saturated rings. The summed E-state index contributed by atoms with van der Waals surface area (Å²) in [5.41, 5.74) is 3.57. The van der Waals surface area contributed by atoms with Crippen LogP contribution in [0.4, 0.5) is 3.89 Å². The van der Waals surface area contributed by atoms with Crippen molar-refractivity contribution in [3.63, 3.8) is 0 Å². The van der Waals surface area contributed by atoms with Crippen LogP contribution < -0.4 is 0 Å². The van der Waals surface area contributed by atoms with E-state index in [4.69, 9.17) is 13.0 Å². The second kappa shape index (κ2) is 10.4. The van der Waals surface area contributed by atoms with Gasteiger partial charge in [-0.2, -0.15) is 8.42 Å². The van der Waals surface area contributed by atoms with Crippen molar-refractivity contribution in [3.05, 3.63) is 0 Å². The van der Waals surface area contributed by atoms with E-state index in [0.717, 1.165) is 0 Å². The van der Waals surface area contributed by atoms with E-state index in [1.165, 1.54) is 36.2 Å². The van der Waals surface area contributed by atoms with E-state index >= 15 is 0 Å². The first-order valence-corrected chi connectivity index (χ1v) is 12.8. The SMILES string of the molecule is C1CCC(P(C2CCCCC2)C2CCCCC2)CC1.O=S(=O)(O)F. The fourth-order valence-corrected chi connectivity index (χ4v) is 9.71. The lowest BCUT2D eigenvalue weighted by molar-refractivity contribution is 0.435. The van der Waals surface area contributed by atoms with Crippen molar-refractivity contribution < 1.29 is 16.9 Å². The molecule has 0 atom stereocenters. The number of hydrogen-bond acceptors (Lipinski definition) is 2. The first-order valence-electron chi connectivity index (χ1n) is 9.89. The van der Waals surface area contributed by atoms with Crippen LogP contribution in [0, 0.1) is 0 Å². The molecule has 0 aromatic carbocycles.